The Bertz CT molecular complexity index is 1170. The van der Waals surface area contributed by atoms with Crippen LogP contribution >= 0.6 is 0 Å². The molecule has 0 spiro atoms. The van der Waals surface area contributed by atoms with Crippen molar-refractivity contribution < 1.29 is 4.79 Å². The highest BCUT2D eigenvalue weighted by atomic mass is 16.2. The number of aromatic nitrogens is 3. The fourth-order valence-corrected chi connectivity index (χ4v) is 3.81. The van der Waals surface area contributed by atoms with Gasteiger partial charge in [0.25, 0.3) is 5.91 Å². The largest absolute Gasteiger partial charge is 0.352 e. The average Bonchev–Trinajstić information content (AvgIpc) is 2.84. The van der Waals surface area contributed by atoms with Crippen LogP contribution in [0.15, 0.2) is 79.1 Å². The van der Waals surface area contributed by atoms with Gasteiger partial charge in [-0.15, -0.1) is 10.2 Å². The molecule has 1 aliphatic rings. The van der Waals surface area contributed by atoms with Crippen molar-refractivity contribution in [3.05, 3.63) is 84.7 Å². The van der Waals surface area contributed by atoms with Crippen LogP contribution in [-0.4, -0.2) is 52.2 Å². The summed E-state index contributed by atoms with van der Waals surface area (Å²) in [6.45, 7) is 2.81. The Labute approximate surface area is 174 Å². The number of benzene rings is 2. The fraction of sp³-hybridized carbons (Fsp3) is 0.167. The zero-order valence-corrected chi connectivity index (χ0v) is 16.5. The van der Waals surface area contributed by atoms with Crippen molar-refractivity contribution in [2.45, 2.75) is 0 Å². The maximum absolute atomic E-state index is 13.0. The summed E-state index contributed by atoms with van der Waals surface area (Å²) < 4.78 is 0. The molecule has 1 saturated heterocycles. The number of nitrogens with zero attached hydrogens (tertiary/aromatic N) is 5. The summed E-state index contributed by atoms with van der Waals surface area (Å²) in [5.74, 6) is 0.921. The summed E-state index contributed by atoms with van der Waals surface area (Å²) in [5, 5.41) is 11.0. The number of carbonyl (C=O) groups is 1. The number of fused-ring (bicyclic) bond motifs is 1. The van der Waals surface area contributed by atoms with Crippen LogP contribution in [0.2, 0.25) is 0 Å². The average molecular weight is 395 g/mol. The van der Waals surface area contributed by atoms with Gasteiger partial charge in [0.05, 0.1) is 5.69 Å². The molecule has 1 amide bonds. The number of rotatable bonds is 3. The molecule has 1 fully saturated rings. The molecule has 0 N–H and O–H groups in total. The first-order valence-corrected chi connectivity index (χ1v) is 10.0. The van der Waals surface area contributed by atoms with Crippen LogP contribution in [-0.2, 0) is 0 Å². The van der Waals surface area contributed by atoms with Crippen molar-refractivity contribution in [2.75, 3.05) is 31.1 Å². The molecule has 0 atom stereocenters. The van der Waals surface area contributed by atoms with Crippen LogP contribution in [0.25, 0.3) is 22.0 Å². The molecule has 148 valence electrons. The summed E-state index contributed by atoms with van der Waals surface area (Å²) in [6, 6.07) is 21.8. The Hall–Kier alpha value is -3.80. The van der Waals surface area contributed by atoms with E-state index in [0.717, 1.165) is 46.5 Å². The Morgan fingerprint density at radius 3 is 2.27 bits per heavy atom. The standard InChI is InChI=1S/C24H21N5O/c30-24(21-6-5-18-3-1-2-4-20(18)17-21)29-15-13-28(14-16-29)23-8-7-22(26-27-23)19-9-11-25-12-10-19/h1-12,17H,13-16H2. The molecular weight excluding hydrogens is 374 g/mol. The van der Waals surface area contributed by atoms with Crippen LogP contribution in [0, 0.1) is 0 Å². The molecule has 6 heteroatoms. The first kappa shape index (κ1) is 18.2. The van der Waals surface area contributed by atoms with Gasteiger partial charge < -0.3 is 9.80 Å². The molecular formula is C24H21N5O. The number of pyridine rings is 1. The monoisotopic (exact) mass is 395 g/mol. The van der Waals surface area contributed by atoms with E-state index in [1.165, 1.54) is 0 Å². The van der Waals surface area contributed by atoms with Crippen molar-refractivity contribution in [3.8, 4) is 11.3 Å². The number of amides is 1. The number of carbonyl (C=O) groups excluding carboxylic acids is 1. The molecule has 30 heavy (non-hydrogen) atoms. The number of anilines is 1. The Balaban J connectivity index is 1.25. The molecule has 4 aromatic rings. The molecule has 2 aromatic heterocycles. The smallest absolute Gasteiger partial charge is 0.253 e. The van der Waals surface area contributed by atoms with E-state index in [2.05, 4.69) is 26.1 Å². The number of piperazine rings is 1. The third-order valence-corrected chi connectivity index (χ3v) is 5.51. The zero-order chi connectivity index (χ0) is 20.3. The predicted molar refractivity (Wildman–Crippen MR) is 117 cm³/mol. The highest BCUT2D eigenvalue weighted by Crippen LogP contribution is 2.20. The predicted octanol–water partition coefficient (Wildman–Crippen LogP) is 3.65. The second-order valence-electron chi connectivity index (χ2n) is 7.35. The summed E-state index contributed by atoms with van der Waals surface area (Å²) in [5.41, 5.74) is 2.56. The van der Waals surface area contributed by atoms with Crippen LogP contribution < -0.4 is 4.90 Å². The van der Waals surface area contributed by atoms with E-state index in [-0.39, 0.29) is 5.91 Å². The van der Waals surface area contributed by atoms with Gasteiger partial charge in [-0.25, -0.2) is 0 Å². The molecule has 0 bridgehead atoms. The molecule has 0 saturated carbocycles. The van der Waals surface area contributed by atoms with Crippen molar-refractivity contribution >= 4 is 22.5 Å². The molecule has 1 aliphatic heterocycles. The van der Waals surface area contributed by atoms with E-state index in [1.807, 2.05) is 65.6 Å². The van der Waals surface area contributed by atoms with Gasteiger partial charge in [-0.05, 0) is 47.2 Å². The molecule has 0 aliphatic carbocycles. The lowest BCUT2D eigenvalue weighted by Crippen LogP contribution is -2.49. The van der Waals surface area contributed by atoms with Crippen molar-refractivity contribution in [3.63, 3.8) is 0 Å². The number of hydrogen-bond donors (Lipinski definition) is 0. The van der Waals surface area contributed by atoms with Gasteiger partial charge in [-0.2, -0.15) is 0 Å². The van der Waals surface area contributed by atoms with Gasteiger partial charge in [0.15, 0.2) is 5.82 Å². The van der Waals surface area contributed by atoms with Crippen molar-refractivity contribution in [1.29, 1.82) is 0 Å². The second-order valence-corrected chi connectivity index (χ2v) is 7.35. The topological polar surface area (TPSA) is 62.2 Å². The normalized spacial score (nSPS) is 14.1. The molecule has 5 rings (SSSR count). The van der Waals surface area contributed by atoms with Crippen LogP contribution in [0.5, 0.6) is 0 Å². The van der Waals surface area contributed by atoms with E-state index in [9.17, 15) is 4.79 Å². The molecule has 0 unspecified atom stereocenters. The van der Waals surface area contributed by atoms with Gasteiger partial charge >= 0.3 is 0 Å². The molecule has 0 radical (unpaired) electrons. The minimum atomic E-state index is 0.0829. The minimum Gasteiger partial charge on any atom is -0.352 e. The lowest BCUT2D eigenvalue weighted by molar-refractivity contribution is 0.0746. The zero-order valence-electron chi connectivity index (χ0n) is 16.5. The fourth-order valence-electron chi connectivity index (χ4n) is 3.81. The summed E-state index contributed by atoms with van der Waals surface area (Å²) in [4.78, 5) is 21.1. The highest BCUT2D eigenvalue weighted by Gasteiger charge is 2.23. The van der Waals surface area contributed by atoms with Crippen LogP contribution in [0.4, 0.5) is 5.82 Å². The second kappa shape index (κ2) is 7.91. The van der Waals surface area contributed by atoms with Gasteiger partial charge in [-0.1, -0.05) is 30.3 Å². The van der Waals surface area contributed by atoms with Crippen LogP contribution in [0.3, 0.4) is 0 Å². The van der Waals surface area contributed by atoms with E-state index < -0.39 is 0 Å². The molecule has 2 aromatic carbocycles. The third-order valence-electron chi connectivity index (χ3n) is 5.51. The maximum atomic E-state index is 13.0. The number of hydrogen-bond acceptors (Lipinski definition) is 5. The third kappa shape index (κ3) is 3.59. The first-order valence-electron chi connectivity index (χ1n) is 10.0. The van der Waals surface area contributed by atoms with Gasteiger partial charge in [0.2, 0.25) is 0 Å². The molecule has 6 nitrogen and oxygen atoms in total. The van der Waals surface area contributed by atoms with E-state index in [4.69, 9.17) is 0 Å². The van der Waals surface area contributed by atoms with Crippen molar-refractivity contribution in [1.82, 2.24) is 20.1 Å². The van der Waals surface area contributed by atoms with E-state index in [0.29, 0.717) is 13.1 Å². The first-order chi connectivity index (χ1) is 14.8. The quantitative estimate of drug-likeness (QED) is 0.530. The SMILES string of the molecule is O=C(c1ccc2ccccc2c1)N1CCN(c2ccc(-c3ccncc3)nn2)CC1. The van der Waals surface area contributed by atoms with Gasteiger partial charge in [0.1, 0.15) is 0 Å². The van der Waals surface area contributed by atoms with E-state index >= 15 is 0 Å². The van der Waals surface area contributed by atoms with E-state index in [1.54, 1.807) is 12.4 Å². The van der Waals surface area contributed by atoms with Gasteiger partial charge in [0, 0.05) is 49.7 Å². The lowest BCUT2D eigenvalue weighted by Gasteiger charge is -2.35. The summed E-state index contributed by atoms with van der Waals surface area (Å²) in [7, 11) is 0. The Morgan fingerprint density at radius 1 is 0.767 bits per heavy atom. The Morgan fingerprint density at radius 2 is 1.53 bits per heavy atom. The Kier molecular flexibility index (Phi) is 4.81. The molecule has 3 heterocycles. The highest BCUT2D eigenvalue weighted by molar-refractivity contribution is 5.98. The van der Waals surface area contributed by atoms with Crippen LogP contribution in [0.1, 0.15) is 10.4 Å². The van der Waals surface area contributed by atoms with Gasteiger partial charge in [-0.3, -0.25) is 9.78 Å². The van der Waals surface area contributed by atoms with Crippen molar-refractivity contribution in [2.24, 2.45) is 0 Å². The summed E-state index contributed by atoms with van der Waals surface area (Å²) >= 11 is 0. The summed E-state index contributed by atoms with van der Waals surface area (Å²) in [6.07, 6.45) is 3.49. The lowest BCUT2D eigenvalue weighted by atomic mass is 10.1. The minimum absolute atomic E-state index is 0.0829. The maximum Gasteiger partial charge on any atom is 0.253 e.